The van der Waals surface area contributed by atoms with Crippen LogP contribution in [-0.2, 0) is 0 Å². The first kappa shape index (κ1) is 15.8. The van der Waals surface area contributed by atoms with Crippen molar-refractivity contribution in [3.8, 4) is 0 Å². The van der Waals surface area contributed by atoms with Crippen molar-refractivity contribution in [3.63, 3.8) is 0 Å². The smallest absolute Gasteiger partial charge is 0.0409 e. The number of benzene rings is 1. The van der Waals surface area contributed by atoms with Gasteiger partial charge in [-0.15, -0.1) is 0 Å². The van der Waals surface area contributed by atoms with Crippen LogP contribution in [0.15, 0.2) is 24.3 Å². The van der Waals surface area contributed by atoms with Gasteiger partial charge < -0.3 is 10.2 Å². The van der Waals surface area contributed by atoms with E-state index in [0.717, 1.165) is 24.0 Å². The second kappa shape index (κ2) is 8.02. The van der Waals surface area contributed by atoms with Gasteiger partial charge in [0.25, 0.3) is 0 Å². The topological polar surface area (TPSA) is 15.3 Å². The third-order valence-electron chi connectivity index (χ3n) is 3.98. The van der Waals surface area contributed by atoms with E-state index in [0.29, 0.717) is 6.04 Å². The minimum absolute atomic E-state index is 0.414. The normalized spacial score (nSPS) is 16.6. The van der Waals surface area contributed by atoms with Crippen molar-refractivity contribution in [2.75, 3.05) is 19.6 Å². The first-order valence-electron chi connectivity index (χ1n) is 7.97. The lowest BCUT2D eigenvalue weighted by atomic mass is 10.0. The summed E-state index contributed by atoms with van der Waals surface area (Å²) in [5, 5.41) is 4.43. The number of hydrogen-bond donors (Lipinski definition) is 1. The van der Waals surface area contributed by atoms with E-state index in [-0.39, 0.29) is 0 Å². The van der Waals surface area contributed by atoms with E-state index in [2.05, 4.69) is 36.2 Å². The Hall–Kier alpha value is -0.570. The summed E-state index contributed by atoms with van der Waals surface area (Å²) in [6.07, 6.45) is 5.19. The Morgan fingerprint density at radius 2 is 2.10 bits per heavy atom. The summed E-state index contributed by atoms with van der Waals surface area (Å²) in [5.41, 5.74) is 1.31. The van der Waals surface area contributed by atoms with Crippen molar-refractivity contribution in [3.05, 3.63) is 34.9 Å². The fourth-order valence-corrected chi connectivity index (χ4v) is 3.05. The molecule has 112 valence electrons. The zero-order valence-electron chi connectivity index (χ0n) is 12.7. The quantitative estimate of drug-likeness (QED) is 0.732. The van der Waals surface area contributed by atoms with Crippen molar-refractivity contribution >= 4 is 11.6 Å². The van der Waals surface area contributed by atoms with E-state index in [1.807, 2.05) is 12.1 Å². The predicted molar refractivity (Wildman–Crippen MR) is 87.4 cm³/mol. The van der Waals surface area contributed by atoms with Gasteiger partial charge in [-0.25, -0.2) is 0 Å². The molecule has 0 bridgehead atoms. The molecule has 0 aliphatic heterocycles. The lowest BCUT2D eigenvalue weighted by molar-refractivity contribution is 0.248. The molecule has 1 N–H and O–H groups in total. The maximum atomic E-state index is 6.12. The molecule has 0 heterocycles. The van der Waals surface area contributed by atoms with Gasteiger partial charge in [-0.2, -0.15) is 0 Å². The van der Waals surface area contributed by atoms with Crippen molar-refractivity contribution in [2.24, 2.45) is 0 Å². The van der Waals surface area contributed by atoms with E-state index in [1.165, 1.54) is 37.9 Å². The molecular weight excluding hydrogens is 268 g/mol. The minimum atomic E-state index is 0.414. The Morgan fingerprint density at radius 3 is 2.70 bits per heavy atom. The molecule has 20 heavy (non-hydrogen) atoms. The van der Waals surface area contributed by atoms with E-state index in [1.54, 1.807) is 0 Å². The minimum Gasteiger partial charge on any atom is -0.310 e. The molecule has 1 aliphatic carbocycles. The molecule has 0 aromatic heterocycles. The number of nitrogens with one attached hydrogen (secondary N) is 1. The van der Waals surface area contributed by atoms with Gasteiger partial charge in [-0.3, -0.25) is 0 Å². The standard InChI is InChI=1S/C17H27ClN2/c1-3-11-20(16-8-9-16)12-10-17(19-4-2)14-6-5-7-15(18)13-14/h5-7,13,16-17,19H,3-4,8-12H2,1-2H3. The largest absolute Gasteiger partial charge is 0.310 e. The van der Waals surface area contributed by atoms with Gasteiger partial charge >= 0.3 is 0 Å². The van der Waals surface area contributed by atoms with Crippen LogP contribution in [0.2, 0.25) is 5.02 Å². The van der Waals surface area contributed by atoms with E-state index >= 15 is 0 Å². The van der Waals surface area contributed by atoms with E-state index in [9.17, 15) is 0 Å². The predicted octanol–water partition coefficient (Wildman–Crippen LogP) is 4.26. The average molecular weight is 295 g/mol. The highest BCUT2D eigenvalue weighted by molar-refractivity contribution is 6.30. The Morgan fingerprint density at radius 1 is 1.30 bits per heavy atom. The summed E-state index contributed by atoms with van der Waals surface area (Å²) in [5.74, 6) is 0. The van der Waals surface area contributed by atoms with Crippen LogP contribution in [-0.4, -0.2) is 30.6 Å². The fourth-order valence-electron chi connectivity index (χ4n) is 2.86. The van der Waals surface area contributed by atoms with Gasteiger partial charge in [-0.05, 0) is 56.5 Å². The van der Waals surface area contributed by atoms with Crippen molar-refractivity contribution in [1.29, 1.82) is 0 Å². The highest BCUT2D eigenvalue weighted by atomic mass is 35.5. The zero-order valence-corrected chi connectivity index (χ0v) is 13.5. The first-order valence-corrected chi connectivity index (χ1v) is 8.35. The van der Waals surface area contributed by atoms with Crippen LogP contribution in [0.1, 0.15) is 51.1 Å². The van der Waals surface area contributed by atoms with Gasteiger partial charge in [0.1, 0.15) is 0 Å². The molecule has 1 aromatic rings. The molecule has 3 heteroatoms. The molecule has 1 fully saturated rings. The lowest BCUT2D eigenvalue weighted by Gasteiger charge is -2.25. The van der Waals surface area contributed by atoms with Crippen LogP contribution in [0.3, 0.4) is 0 Å². The third-order valence-corrected chi connectivity index (χ3v) is 4.22. The van der Waals surface area contributed by atoms with Crippen molar-refractivity contribution in [1.82, 2.24) is 10.2 Å². The molecule has 2 nitrogen and oxygen atoms in total. The number of rotatable bonds is 9. The number of hydrogen-bond acceptors (Lipinski definition) is 2. The molecule has 1 unspecified atom stereocenters. The summed E-state index contributed by atoms with van der Waals surface area (Å²) in [6.45, 7) is 7.85. The fraction of sp³-hybridized carbons (Fsp3) is 0.647. The van der Waals surface area contributed by atoms with Crippen LogP contribution >= 0.6 is 11.6 Å². The van der Waals surface area contributed by atoms with Crippen molar-refractivity contribution < 1.29 is 0 Å². The highest BCUT2D eigenvalue weighted by Crippen LogP contribution is 2.28. The summed E-state index contributed by atoms with van der Waals surface area (Å²) < 4.78 is 0. The molecule has 2 rings (SSSR count). The maximum Gasteiger partial charge on any atom is 0.0409 e. The Labute approximate surface area is 128 Å². The third kappa shape index (κ3) is 4.76. The SMILES string of the molecule is CCCN(CCC(NCC)c1cccc(Cl)c1)C1CC1. The summed E-state index contributed by atoms with van der Waals surface area (Å²) in [7, 11) is 0. The van der Waals surface area contributed by atoms with E-state index < -0.39 is 0 Å². The van der Waals surface area contributed by atoms with Crippen LogP contribution < -0.4 is 5.32 Å². The highest BCUT2D eigenvalue weighted by Gasteiger charge is 2.28. The molecular formula is C17H27ClN2. The second-order valence-electron chi connectivity index (χ2n) is 5.72. The van der Waals surface area contributed by atoms with Gasteiger partial charge in [0.2, 0.25) is 0 Å². The molecule has 1 aromatic carbocycles. The van der Waals surface area contributed by atoms with Gasteiger partial charge in [0.15, 0.2) is 0 Å². The summed E-state index contributed by atoms with van der Waals surface area (Å²) in [6, 6.07) is 9.54. The van der Waals surface area contributed by atoms with E-state index in [4.69, 9.17) is 11.6 Å². The molecule has 0 spiro atoms. The molecule has 0 amide bonds. The molecule has 1 aliphatic rings. The maximum absolute atomic E-state index is 6.12. The number of nitrogens with zero attached hydrogens (tertiary/aromatic N) is 1. The Kier molecular flexibility index (Phi) is 6.34. The zero-order chi connectivity index (χ0) is 14.4. The van der Waals surface area contributed by atoms with Crippen LogP contribution in [0.5, 0.6) is 0 Å². The Bertz CT molecular complexity index is 404. The second-order valence-corrected chi connectivity index (χ2v) is 6.16. The first-order chi connectivity index (χ1) is 9.74. The average Bonchev–Trinajstić information content (AvgIpc) is 3.26. The number of halogens is 1. The molecule has 1 saturated carbocycles. The van der Waals surface area contributed by atoms with Gasteiger partial charge in [-0.1, -0.05) is 37.6 Å². The summed E-state index contributed by atoms with van der Waals surface area (Å²) >= 11 is 6.12. The summed E-state index contributed by atoms with van der Waals surface area (Å²) in [4.78, 5) is 2.66. The molecule has 1 atom stereocenters. The molecule has 0 saturated heterocycles. The van der Waals surface area contributed by atoms with Crippen LogP contribution in [0.25, 0.3) is 0 Å². The monoisotopic (exact) mass is 294 g/mol. The van der Waals surface area contributed by atoms with Crippen molar-refractivity contribution in [2.45, 2.75) is 51.6 Å². The molecule has 0 radical (unpaired) electrons. The van der Waals surface area contributed by atoms with Gasteiger partial charge in [0, 0.05) is 23.7 Å². The van der Waals surface area contributed by atoms with Crippen LogP contribution in [0.4, 0.5) is 0 Å². The lowest BCUT2D eigenvalue weighted by Crippen LogP contribution is -2.31. The Balaban J connectivity index is 1.94. The van der Waals surface area contributed by atoms with Crippen LogP contribution in [0, 0.1) is 0 Å². The van der Waals surface area contributed by atoms with Gasteiger partial charge in [0.05, 0.1) is 0 Å².